The highest BCUT2D eigenvalue weighted by molar-refractivity contribution is 5.93. The van der Waals surface area contributed by atoms with E-state index in [0.29, 0.717) is 24.5 Å². The third-order valence-electron chi connectivity index (χ3n) is 5.41. The molecule has 1 aromatic carbocycles. The Bertz CT molecular complexity index is 761. The van der Waals surface area contributed by atoms with Crippen molar-refractivity contribution < 1.29 is 19.1 Å². The minimum absolute atomic E-state index is 0.0000520. The molecule has 2 aliphatic heterocycles. The molecule has 1 aromatic rings. The number of anilines is 1. The first-order chi connectivity index (χ1) is 14.4. The summed E-state index contributed by atoms with van der Waals surface area (Å²) in [5.41, 5.74) is 0.620. The maximum absolute atomic E-state index is 12.7. The predicted molar refractivity (Wildman–Crippen MR) is 114 cm³/mol. The highest BCUT2D eigenvalue weighted by Crippen LogP contribution is 2.22. The summed E-state index contributed by atoms with van der Waals surface area (Å²) in [6, 6.07) is 7.01. The number of nitrogens with one attached hydrogen (secondary N) is 2. The summed E-state index contributed by atoms with van der Waals surface area (Å²) >= 11 is 0. The van der Waals surface area contributed by atoms with Crippen molar-refractivity contribution in [1.82, 2.24) is 15.1 Å². The van der Waals surface area contributed by atoms with Gasteiger partial charge in [0.05, 0.1) is 5.92 Å². The van der Waals surface area contributed by atoms with Crippen LogP contribution in [0.4, 0.5) is 10.5 Å². The molecule has 0 bridgehead atoms. The fourth-order valence-electron chi connectivity index (χ4n) is 3.82. The fraction of sp³-hybridized carbons (Fsp3) is 0.591. The topological polar surface area (TPSA) is 91.0 Å². The minimum Gasteiger partial charge on any atom is -0.484 e. The monoisotopic (exact) mass is 416 g/mol. The van der Waals surface area contributed by atoms with Crippen LogP contribution in [-0.2, 0) is 9.59 Å². The fourth-order valence-corrected chi connectivity index (χ4v) is 3.82. The molecule has 0 spiro atoms. The zero-order chi connectivity index (χ0) is 21.5. The van der Waals surface area contributed by atoms with Gasteiger partial charge in [-0.15, -0.1) is 0 Å². The lowest BCUT2D eigenvalue weighted by Gasteiger charge is -2.32. The van der Waals surface area contributed by atoms with Gasteiger partial charge >= 0.3 is 6.03 Å². The van der Waals surface area contributed by atoms with Gasteiger partial charge in [-0.25, -0.2) is 4.79 Å². The number of nitrogens with zero attached hydrogens (tertiary/aromatic N) is 2. The molecule has 0 unspecified atom stereocenters. The summed E-state index contributed by atoms with van der Waals surface area (Å²) in [6.07, 6.45) is 3.64. The number of amides is 4. The van der Waals surface area contributed by atoms with Crippen molar-refractivity contribution in [2.75, 3.05) is 38.1 Å². The molecule has 2 aliphatic rings. The van der Waals surface area contributed by atoms with Crippen molar-refractivity contribution in [3.8, 4) is 5.75 Å². The highest BCUT2D eigenvalue weighted by Gasteiger charge is 2.28. The quantitative estimate of drug-likeness (QED) is 0.745. The number of hydrogen-bond donors (Lipinski definition) is 2. The molecule has 8 nitrogen and oxygen atoms in total. The minimum atomic E-state index is -0.252. The second-order valence-corrected chi connectivity index (χ2v) is 8.28. The van der Waals surface area contributed by atoms with Crippen LogP contribution < -0.4 is 15.4 Å². The van der Waals surface area contributed by atoms with Crippen molar-refractivity contribution in [3.63, 3.8) is 0 Å². The van der Waals surface area contributed by atoms with Gasteiger partial charge in [0.1, 0.15) is 5.75 Å². The number of piperidine rings is 1. The van der Waals surface area contributed by atoms with Crippen LogP contribution >= 0.6 is 0 Å². The second-order valence-electron chi connectivity index (χ2n) is 8.28. The van der Waals surface area contributed by atoms with Gasteiger partial charge in [0.2, 0.25) is 5.91 Å². The Balaban J connectivity index is 1.51. The largest absolute Gasteiger partial charge is 0.484 e. The van der Waals surface area contributed by atoms with E-state index in [2.05, 4.69) is 10.6 Å². The smallest absolute Gasteiger partial charge is 0.317 e. The first-order valence-corrected chi connectivity index (χ1v) is 10.8. The van der Waals surface area contributed by atoms with E-state index in [1.807, 2.05) is 18.7 Å². The summed E-state index contributed by atoms with van der Waals surface area (Å²) in [4.78, 5) is 40.6. The van der Waals surface area contributed by atoms with Gasteiger partial charge in [-0.05, 0) is 51.7 Å². The number of likely N-dealkylation sites (tertiary alicyclic amines) is 2. The molecule has 30 heavy (non-hydrogen) atoms. The average molecular weight is 417 g/mol. The average Bonchev–Trinajstić information content (AvgIpc) is 3.27. The number of urea groups is 1. The van der Waals surface area contributed by atoms with E-state index in [1.54, 1.807) is 29.2 Å². The normalized spacial score (nSPS) is 19.0. The first kappa shape index (κ1) is 21.9. The van der Waals surface area contributed by atoms with Gasteiger partial charge in [-0.3, -0.25) is 9.59 Å². The number of carbonyl (C=O) groups excluding carboxylic acids is 3. The lowest BCUT2D eigenvalue weighted by molar-refractivity contribution is -0.132. The summed E-state index contributed by atoms with van der Waals surface area (Å²) < 4.78 is 5.63. The van der Waals surface area contributed by atoms with Crippen LogP contribution in [0.3, 0.4) is 0 Å². The molecule has 4 amide bonds. The van der Waals surface area contributed by atoms with Crippen molar-refractivity contribution >= 4 is 23.5 Å². The molecule has 2 saturated heterocycles. The van der Waals surface area contributed by atoms with Crippen LogP contribution in [0.2, 0.25) is 0 Å². The van der Waals surface area contributed by atoms with E-state index in [1.165, 1.54) is 0 Å². The number of benzene rings is 1. The maximum Gasteiger partial charge on any atom is 0.317 e. The van der Waals surface area contributed by atoms with Gasteiger partial charge < -0.3 is 25.2 Å². The van der Waals surface area contributed by atoms with Crippen LogP contribution in [0, 0.1) is 5.92 Å². The van der Waals surface area contributed by atoms with E-state index in [0.717, 1.165) is 38.8 Å². The number of hydrogen-bond acceptors (Lipinski definition) is 4. The Kier molecular flexibility index (Phi) is 7.54. The Morgan fingerprint density at radius 3 is 2.57 bits per heavy atom. The van der Waals surface area contributed by atoms with Gasteiger partial charge in [0.15, 0.2) is 6.61 Å². The highest BCUT2D eigenvalue weighted by atomic mass is 16.5. The molecule has 1 atom stereocenters. The lowest BCUT2D eigenvalue weighted by atomic mass is 9.97. The zero-order valence-electron chi connectivity index (χ0n) is 17.9. The molecule has 0 radical (unpaired) electrons. The Hall–Kier alpha value is -2.77. The SMILES string of the molecule is CC(C)NC(=O)N1CCC[C@H](C(=O)Nc2cccc(OCC(=O)N3CCCC3)c2)C1. The molecule has 0 aliphatic carbocycles. The van der Waals surface area contributed by atoms with Gasteiger partial charge in [-0.2, -0.15) is 0 Å². The van der Waals surface area contributed by atoms with Crippen LogP contribution in [-0.4, -0.2) is 66.5 Å². The standard InChI is InChI=1S/C22H32N4O4/c1-16(2)23-22(29)26-12-6-7-17(14-26)21(28)24-18-8-5-9-19(13-18)30-15-20(27)25-10-3-4-11-25/h5,8-9,13,16-17H,3-4,6-7,10-12,14-15H2,1-2H3,(H,23,29)(H,24,28)/t17-/m0/s1. The molecule has 3 rings (SSSR count). The van der Waals surface area contributed by atoms with E-state index >= 15 is 0 Å². The van der Waals surface area contributed by atoms with E-state index < -0.39 is 0 Å². The predicted octanol–water partition coefficient (Wildman–Crippen LogP) is 2.46. The van der Waals surface area contributed by atoms with Gasteiger partial charge in [0.25, 0.3) is 5.91 Å². The molecular weight excluding hydrogens is 384 g/mol. The third-order valence-corrected chi connectivity index (χ3v) is 5.41. The summed E-state index contributed by atoms with van der Waals surface area (Å²) in [5.74, 6) is 0.172. The Morgan fingerprint density at radius 2 is 1.83 bits per heavy atom. The van der Waals surface area contributed by atoms with Crippen LogP contribution in [0.1, 0.15) is 39.5 Å². The third kappa shape index (κ3) is 6.11. The molecule has 0 aromatic heterocycles. The maximum atomic E-state index is 12.7. The molecule has 8 heteroatoms. The van der Waals surface area contributed by atoms with Crippen molar-refractivity contribution in [3.05, 3.63) is 24.3 Å². The second kappa shape index (κ2) is 10.3. The van der Waals surface area contributed by atoms with Crippen LogP contribution in [0.25, 0.3) is 0 Å². The molecule has 2 heterocycles. The summed E-state index contributed by atoms with van der Waals surface area (Å²) in [6.45, 7) is 6.50. The van der Waals surface area contributed by atoms with Crippen molar-refractivity contribution in [1.29, 1.82) is 0 Å². The van der Waals surface area contributed by atoms with E-state index in [-0.39, 0.29) is 36.4 Å². The number of rotatable bonds is 6. The lowest BCUT2D eigenvalue weighted by Crippen LogP contribution is -2.49. The van der Waals surface area contributed by atoms with E-state index in [4.69, 9.17) is 4.74 Å². The first-order valence-electron chi connectivity index (χ1n) is 10.8. The molecule has 0 saturated carbocycles. The van der Waals surface area contributed by atoms with Crippen molar-refractivity contribution in [2.45, 2.75) is 45.6 Å². The Labute approximate surface area is 177 Å². The number of ether oxygens (including phenoxy) is 1. The summed E-state index contributed by atoms with van der Waals surface area (Å²) in [5, 5.41) is 5.80. The van der Waals surface area contributed by atoms with Gasteiger partial charge in [-0.1, -0.05) is 6.07 Å². The molecular formula is C22H32N4O4. The molecule has 2 N–H and O–H groups in total. The van der Waals surface area contributed by atoms with Crippen LogP contribution in [0.15, 0.2) is 24.3 Å². The zero-order valence-corrected chi connectivity index (χ0v) is 17.9. The van der Waals surface area contributed by atoms with Gasteiger partial charge in [0, 0.05) is 44.0 Å². The molecule has 2 fully saturated rings. The van der Waals surface area contributed by atoms with E-state index in [9.17, 15) is 14.4 Å². The summed E-state index contributed by atoms with van der Waals surface area (Å²) in [7, 11) is 0. The number of carbonyl (C=O) groups is 3. The van der Waals surface area contributed by atoms with Crippen molar-refractivity contribution in [2.24, 2.45) is 5.92 Å². The van der Waals surface area contributed by atoms with Crippen LogP contribution in [0.5, 0.6) is 5.75 Å². The molecule has 164 valence electrons. The Morgan fingerprint density at radius 1 is 1.10 bits per heavy atom.